The zero-order valence-electron chi connectivity index (χ0n) is 7.09. The van der Waals surface area contributed by atoms with Crippen molar-refractivity contribution in [3.8, 4) is 5.75 Å². The summed E-state index contributed by atoms with van der Waals surface area (Å²) in [6.07, 6.45) is 3.11. The van der Waals surface area contributed by atoms with E-state index in [-0.39, 0.29) is 0 Å². The Balaban J connectivity index is 2.37. The van der Waals surface area contributed by atoms with Gasteiger partial charge in [0.15, 0.2) is 0 Å². The van der Waals surface area contributed by atoms with Crippen molar-refractivity contribution in [2.24, 2.45) is 0 Å². The first-order valence-corrected chi connectivity index (χ1v) is 4.40. The summed E-state index contributed by atoms with van der Waals surface area (Å²) in [5, 5.41) is 0.738. The molecule has 0 fully saturated rings. The van der Waals surface area contributed by atoms with Crippen LogP contribution >= 0.6 is 11.6 Å². The van der Waals surface area contributed by atoms with E-state index in [1.807, 2.05) is 24.3 Å². The van der Waals surface area contributed by atoms with E-state index in [1.165, 1.54) is 0 Å². The van der Waals surface area contributed by atoms with Gasteiger partial charge >= 0.3 is 0 Å². The molecule has 0 saturated heterocycles. The van der Waals surface area contributed by atoms with E-state index in [4.69, 9.17) is 16.3 Å². The van der Waals surface area contributed by atoms with E-state index in [0.29, 0.717) is 6.61 Å². The summed E-state index contributed by atoms with van der Waals surface area (Å²) < 4.78 is 5.39. The number of hydrogen-bond donors (Lipinski definition) is 0. The van der Waals surface area contributed by atoms with E-state index in [2.05, 4.69) is 13.3 Å². The molecule has 0 bridgehead atoms. The molecule has 1 rings (SSSR count). The summed E-state index contributed by atoms with van der Waals surface area (Å²) in [5.74, 6) is 0.865. The van der Waals surface area contributed by atoms with Crippen LogP contribution in [0.5, 0.6) is 5.75 Å². The standard InChI is InChI=1S/C10H12ClO/c1-2-3-8-12-10-6-4-9(11)5-7-10/h3-7H,2,8H2,1H3. The summed E-state index contributed by atoms with van der Waals surface area (Å²) >= 11 is 5.71. The molecule has 1 aromatic rings. The molecule has 0 aliphatic heterocycles. The van der Waals surface area contributed by atoms with Crippen molar-refractivity contribution in [1.82, 2.24) is 0 Å². The van der Waals surface area contributed by atoms with E-state index in [1.54, 1.807) is 0 Å². The SMILES string of the molecule is CC[CH]COc1ccc(Cl)cc1. The van der Waals surface area contributed by atoms with Crippen molar-refractivity contribution < 1.29 is 4.74 Å². The average molecular weight is 184 g/mol. The van der Waals surface area contributed by atoms with Crippen molar-refractivity contribution in [1.29, 1.82) is 0 Å². The summed E-state index contributed by atoms with van der Waals surface area (Å²) in [5.41, 5.74) is 0. The second kappa shape index (κ2) is 5.04. The predicted molar refractivity (Wildman–Crippen MR) is 51.5 cm³/mol. The Morgan fingerprint density at radius 2 is 2.00 bits per heavy atom. The van der Waals surface area contributed by atoms with Crippen molar-refractivity contribution in [3.63, 3.8) is 0 Å². The van der Waals surface area contributed by atoms with E-state index in [0.717, 1.165) is 17.2 Å². The highest BCUT2D eigenvalue weighted by Gasteiger charge is 1.92. The quantitative estimate of drug-likeness (QED) is 0.651. The van der Waals surface area contributed by atoms with Gasteiger partial charge in [0.1, 0.15) is 5.75 Å². The van der Waals surface area contributed by atoms with E-state index in [9.17, 15) is 0 Å². The molecule has 0 saturated carbocycles. The molecule has 65 valence electrons. The Morgan fingerprint density at radius 1 is 1.33 bits per heavy atom. The molecule has 0 aromatic heterocycles. The summed E-state index contributed by atoms with van der Waals surface area (Å²) in [6, 6.07) is 7.38. The normalized spacial score (nSPS) is 9.83. The Morgan fingerprint density at radius 3 is 2.58 bits per heavy atom. The number of rotatable bonds is 4. The molecule has 0 amide bonds. The third kappa shape index (κ3) is 3.14. The minimum Gasteiger partial charge on any atom is -0.493 e. The minimum atomic E-state index is 0.665. The molecule has 0 heterocycles. The van der Waals surface area contributed by atoms with Gasteiger partial charge in [0, 0.05) is 5.02 Å². The second-order valence-corrected chi connectivity index (χ2v) is 2.90. The molecule has 1 aromatic carbocycles. The van der Waals surface area contributed by atoms with Gasteiger partial charge in [-0.25, -0.2) is 0 Å². The van der Waals surface area contributed by atoms with Crippen molar-refractivity contribution in [3.05, 3.63) is 35.7 Å². The van der Waals surface area contributed by atoms with Gasteiger partial charge in [-0.15, -0.1) is 0 Å². The van der Waals surface area contributed by atoms with Gasteiger partial charge in [-0.2, -0.15) is 0 Å². The van der Waals surface area contributed by atoms with Gasteiger partial charge in [0.25, 0.3) is 0 Å². The monoisotopic (exact) mass is 183 g/mol. The first kappa shape index (κ1) is 9.40. The summed E-state index contributed by atoms with van der Waals surface area (Å²) in [6.45, 7) is 2.75. The number of benzene rings is 1. The van der Waals surface area contributed by atoms with Crippen LogP contribution in [0.15, 0.2) is 24.3 Å². The highest BCUT2D eigenvalue weighted by Crippen LogP contribution is 2.15. The molecule has 12 heavy (non-hydrogen) atoms. The maximum atomic E-state index is 5.71. The van der Waals surface area contributed by atoms with Crippen LogP contribution in [0, 0.1) is 6.42 Å². The van der Waals surface area contributed by atoms with E-state index >= 15 is 0 Å². The molecule has 1 nitrogen and oxygen atoms in total. The highest BCUT2D eigenvalue weighted by atomic mass is 35.5. The summed E-state index contributed by atoms with van der Waals surface area (Å²) in [4.78, 5) is 0. The van der Waals surface area contributed by atoms with Gasteiger partial charge in [-0.1, -0.05) is 18.5 Å². The molecule has 1 radical (unpaired) electrons. The van der Waals surface area contributed by atoms with Crippen molar-refractivity contribution in [2.45, 2.75) is 13.3 Å². The summed E-state index contributed by atoms with van der Waals surface area (Å²) in [7, 11) is 0. The largest absolute Gasteiger partial charge is 0.493 e. The first-order valence-electron chi connectivity index (χ1n) is 4.03. The minimum absolute atomic E-state index is 0.665. The lowest BCUT2D eigenvalue weighted by molar-refractivity contribution is 0.345. The topological polar surface area (TPSA) is 9.23 Å². The van der Waals surface area contributed by atoms with Crippen LogP contribution in [0.4, 0.5) is 0 Å². The van der Waals surface area contributed by atoms with Crippen LogP contribution in [0.25, 0.3) is 0 Å². The first-order chi connectivity index (χ1) is 5.83. The van der Waals surface area contributed by atoms with Crippen LogP contribution in [-0.4, -0.2) is 6.61 Å². The lowest BCUT2D eigenvalue weighted by atomic mass is 10.3. The molecule has 0 N–H and O–H groups in total. The molecule has 0 spiro atoms. The number of hydrogen-bond acceptors (Lipinski definition) is 1. The molecule has 0 aliphatic rings. The zero-order valence-corrected chi connectivity index (χ0v) is 7.84. The van der Waals surface area contributed by atoms with Gasteiger partial charge in [0.2, 0.25) is 0 Å². The third-order valence-electron chi connectivity index (χ3n) is 1.47. The van der Waals surface area contributed by atoms with Gasteiger partial charge in [-0.3, -0.25) is 0 Å². The van der Waals surface area contributed by atoms with Crippen molar-refractivity contribution >= 4 is 11.6 Å². The van der Waals surface area contributed by atoms with Crippen LogP contribution in [-0.2, 0) is 0 Å². The predicted octanol–water partition coefficient (Wildman–Crippen LogP) is 3.33. The lowest BCUT2D eigenvalue weighted by Gasteiger charge is -2.03. The maximum Gasteiger partial charge on any atom is 0.119 e. The average Bonchev–Trinajstić information content (AvgIpc) is 2.09. The molecule has 0 aliphatic carbocycles. The third-order valence-corrected chi connectivity index (χ3v) is 1.72. The lowest BCUT2D eigenvalue weighted by Crippen LogP contribution is -1.96. The number of halogens is 1. The fourth-order valence-electron chi connectivity index (χ4n) is 0.804. The van der Waals surface area contributed by atoms with Gasteiger partial charge in [0.05, 0.1) is 6.61 Å². The fourth-order valence-corrected chi connectivity index (χ4v) is 0.930. The fraction of sp³-hybridized carbons (Fsp3) is 0.300. The number of unbranched alkanes of at least 4 members (excludes halogenated alkanes) is 1. The Kier molecular flexibility index (Phi) is 3.95. The van der Waals surface area contributed by atoms with Crippen LogP contribution in [0.3, 0.4) is 0 Å². The maximum absolute atomic E-state index is 5.71. The molecular weight excluding hydrogens is 172 g/mol. The van der Waals surface area contributed by atoms with Crippen LogP contribution < -0.4 is 4.74 Å². The molecule has 0 atom stereocenters. The molecular formula is C10H12ClO. The zero-order chi connectivity index (χ0) is 8.81. The number of ether oxygens (including phenoxy) is 1. The van der Waals surface area contributed by atoms with Gasteiger partial charge < -0.3 is 4.74 Å². The molecule has 0 unspecified atom stereocenters. The molecule has 2 heteroatoms. The van der Waals surface area contributed by atoms with Crippen molar-refractivity contribution in [2.75, 3.05) is 6.61 Å². The Labute approximate surface area is 78.3 Å². The highest BCUT2D eigenvalue weighted by molar-refractivity contribution is 6.30. The Hall–Kier alpha value is -0.690. The second-order valence-electron chi connectivity index (χ2n) is 2.46. The smallest absolute Gasteiger partial charge is 0.119 e. The van der Waals surface area contributed by atoms with Crippen LogP contribution in [0.2, 0.25) is 5.02 Å². The van der Waals surface area contributed by atoms with Crippen LogP contribution in [0.1, 0.15) is 13.3 Å². The Bertz CT molecular complexity index is 218. The van der Waals surface area contributed by atoms with E-state index < -0.39 is 0 Å². The van der Waals surface area contributed by atoms with Gasteiger partial charge in [-0.05, 0) is 37.1 Å².